The maximum Gasteiger partial charge on any atom is 0.407 e. The number of carbonyl (C=O) groups excluding carboxylic acids is 1. The lowest BCUT2D eigenvalue weighted by molar-refractivity contribution is -0.137. The Morgan fingerprint density at radius 2 is 1.75 bits per heavy atom. The van der Waals surface area contributed by atoms with Gasteiger partial charge >= 0.3 is 12.1 Å². The Morgan fingerprint density at radius 3 is 2.32 bits per heavy atom. The van der Waals surface area contributed by atoms with Gasteiger partial charge in [0.2, 0.25) is 0 Å². The summed E-state index contributed by atoms with van der Waals surface area (Å²) in [5.74, 6) is -1.06. The number of ether oxygens (including phenoxy) is 1. The van der Waals surface area contributed by atoms with E-state index in [2.05, 4.69) is 22.4 Å². The van der Waals surface area contributed by atoms with Gasteiger partial charge in [-0.15, -0.1) is 11.3 Å². The maximum absolute atomic E-state index is 12.4. The summed E-state index contributed by atoms with van der Waals surface area (Å²) < 4.78 is 5.48. The van der Waals surface area contributed by atoms with Gasteiger partial charge in [-0.3, -0.25) is 4.79 Å². The molecule has 0 bridgehead atoms. The van der Waals surface area contributed by atoms with Crippen molar-refractivity contribution in [2.75, 3.05) is 6.61 Å². The second-order valence-electron chi connectivity index (χ2n) is 6.53. The van der Waals surface area contributed by atoms with Crippen molar-refractivity contribution in [1.29, 1.82) is 0 Å². The molecule has 6 nitrogen and oxygen atoms in total. The van der Waals surface area contributed by atoms with Crippen LogP contribution in [0.1, 0.15) is 35.2 Å². The number of hydrogen-bond donors (Lipinski definition) is 2. The molecular formula is C21H18N2O4S. The van der Waals surface area contributed by atoms with E-state index < -0.39 is 18.1 Å². The number of aliphatic carboxylic acids is 1. The summed E-state index contributed by atoms with van der Waals surface area (Å²) in [5.41, 5.74) is 6.66. The molecule has 1 heterocycles. The zero-order chi connectivity index (χ0) is 19.5. The van der Waals surface area contributed by atoms with E-state index >= 15 is 0 Å². The fraction of sp³-hybridized carbons (Fsp3) is 0.190. The lowest BCUT2D eigenvalue weighted by Crippen LogP contribution is -2.31. The molecule has 0 aliphatic heterocycles. The SMILES string of the molecule is O=C(O)CC(NC(=O)OCC1c2ccccc2-c2ccccc21)c1cscn1. The topological polar surface area (TPSA) is 88.5 Å². The van der Waals surface area contributed by atoms with E-state index in [0.717, 1.165) is 22.3 Å². The number of hydrogen-bond acceptors (Lipinski definition) is 5. The van der Waals surface area contributed by atoms with Gasteiger partial charge in [0, 0.05) is 11.3 Å². The monoisotopic (exact) mass is 394 g/mol. The number of carbonyl (C=O) groups is 2. The molecule has 28 heavy (non-hydrogen) atoms. The highest BCUT2D eigenvalue weighted by Gasteiger charge is 2.29. The van der Waals surface area contributed by atoms with Crippen LogP contribution in [0.2, 0.25) is 0 Å². The standard InChI is InChI=1S/C21H18N2O4S/c24-20(25)9-18(19-11-28-12-22-19)23-21(26)27-10-17-15-7-3-1-5-13(15)14-6-2-4-8-16(14)17/h1-8,11-12,17-18H,9-10H2,(H,23,26)(H,24,25). The van der Waals surface area contributed by atoms with E-state index in [1.807, 2.05) is 36.4 Å². The van der Waals surface area contributed by atoms with Gasteiger partial charge in [-0.1, -0.05) is 48.5 Å². The molecule has 142 valence electrons. The van der Waals surface area contributed by atoms with E-state index in [4.69, 9.17) is 9.84 Å². The first-order chi connectivity index (χ1) is 13.6. The number of amides is 1. The van der Waals surface area contributed by atoms with Crippen molar-refractivity contribution >= 4 is 23.4 Å². The molecule has 2 N–H and O–H groups in total. The van der Waals surface area contributed by atoms with Gasteiger partial charge in [-0.05, 0) is 22.3 Å². The van der Waals surface area contributed by atoms with Crippen LogP contribution in [0.5, 0.6) is 0 Å². The van der Waals surface area contributed by atoms with E-state index in [1.54, 1.807) is 10.9 Å². The number of fused-ring (bicyclic) bond motifs is 3. The van der Waals surface area contributed by atoms with E-state index in [9.17, 15) is 9.59 Å². The summed E-state index contributed by atoms with van der Waals surface area (Å²) in [4.78, 5) is 27.6. The van der Waals surface area contributed by atoms with Crippen LogP contribution < -0.4 is 5.32 Å². The van der Waals surface area contributed by atoms with Crippen molar-refractivity contribution in [2.45, 2.75) is 18.4 Å². The quantitative estimate of drug-likeness (QED) is 0.654. The molecule has 1 aromatic heterocycles. The molecule has 1 unspecified atom stereocenters. The summed E-state index contributed by atoms with van der Waals surface area (Å²) in [5, 5.41) is 13.4. The molecule has 0 saturated heterocycles. The Bertz CT molecular complexity index is 958. The molecular weight excluding hydrogens is 376 g/mol. The number of rotatable bonds is 6. The van der Waals surface area contributed by atoms with Gasteiger partial charge in [-0.2, -0.15) is 0 Å². The van der Waals surface area contributed by atoms with Crippen LogP contribution in [0.4, 0.5) is 4.79 Å². The highest BCUT2D eigenvalue weighted by molar-refractivity contribution is 7.07. The summed E-state index contributed by atoms with van der Waals surface area (Å²) in [6.07, 6.45) is -0.908. The summed E-state index contributed by atoms with van der Waals surface area (Å²) in [7, 11) is 0. The van der Waals surface area contributed by atoms with Crippen molar-refractivity contribution in [3.63, 3.8) is 0 Å². The fourth-order valence-electron chi connectivity index (χ4n) is 3.58. The third-order valence-electron chi connectivity index (χ3n) is 4.82. The second-order valence-corrected chi connectivity index (χ2v) is 7.25. The fourth-order valence-corrected chi connectivity index (χ4v) is 4.19. The largest absolute Gasteiger partial charge is 0.481 e. The van der Waals surface area contributed by atoms with Gasteiger partial charge < -0.3 is 15.2 Å². The molecule has 0 fully saturated rings. The molecule has 1 amide bonds. The Kier molecular flexibility index (Phi) is 5.08. The number of carboxylic acid groups (broad SMARTS) is 1. The van der Waals surface area contributed by atoms with Crippen molar-refractivity contribution in [2.24, 2.45) is 0 Å². The van der Waals surface area contributed by atoms with Crippen LogP contribution in [0.3, 0.4) is 0 Å². The minimum Gasteiger partial charge on any atom is -0.481 e. The minimum atomic E-state index is -1.02. The lowest BCUT2D eigenvalue weighted by Gasteiger charge is -2.17. The first kappa shape index (κ1) is 18.2. The van der Waals surface area contributed by atoms with Crippen LogP contribution in [-0.2, 0) is 9.53 Å². The average molecular weight is 394 g/mol. The number of benzene rings is 2. The van der Waals surface area contributed by atoms with Crippen LogP contribution in [0, 0.1) is 0 Å². The zero-order valence-corrected chi connectivity index (χ0v) is 15.7. The van der Waals surface area contributed by atoms with Crippen LogP contribution >= 0.6 is 11.3 Å². The van der Waals surface area contributed by atoms with Crippen LogP contribution in [0.15, 0.2) is 59.4 Å². The van der Waals surface area contributed by atoms with E-state index in [1.165, 1.54) is 11.3 Å². The Hall–Kier alpha value is -3.19. The normalized spacial score (nSPS) is 13.4. The Morgan fingerprint density at radius 1 is 1.11 bits per heavy atom. The number of alkyl carbamates (subject to hydrolysis) is 1. The third kappa shape index (κ3) is 3.61. The molecule has 7 heteroatoms. The van der Waals surface area contributed by atoms with Crippen LogP contribution in [0.25, 0.3) is 11.1 Å². The summed E-state index contributed by atoms with van der Waals surface area (Å²) in [6, 6.07) is 15.4. The Labute approximate surface area is 165 Å². The number of thiazole rings is 1. The molecule has 0 saturated carbocycles. The smallest absolute Gasteiger partial charge is 0.407 e. The van der Waals surface area contributed by atoms with E-state index in [0.29, 0.717) is 5.69 Å². The van der Waals surface area contributed by atoms with Gasteiger partial charge in [0.25, 0.3) is 0 Å². The summed E-state index contributed by atoms with van der Waals surface area (Å²) >= 11 is 1.34. The van der Waals surface area contributed by atoms with E-state index in [-0.39, 0.29) is 18.9 Å². The van der Waals surface area contributed by atoms with Gasteiger partial charge in [0.05, 0.1) is 23.7 Å². The Balaban J connectivity index is 1.47. The van der Waals surface area contributed by atoms with Crippen molar-refractivity contribution < 1.29 is 19.4 Å². The van der Waals surface area contributed by atoms with Crippen LogP contribution in [-0.4, -0.2) is 28.8 Å². The highest BCUT2D eigenvalue weighted by Crippen LogP contribution is 2.44. The number of carboxylic acids is 1. The molecule has 1 atom stereocenters. The third-order valence-corrected chi connectivity index (χ3v) is 5.43. The number of nitrogens with one attached hydrogen (secondary N) is 1. The molecule has 4 rings (SSSR count). The summed E-state index contributed by atoms with van der Waals surface area (Å²) in [6.45, 7) is 0.177. The van der Waals surface area contributed by atoms with Crippen molar-refractivity contribution in [3.05, 3.63) is 76.2 Å². The second kappa shape index (κ2) is 7.82. The predicted octanol–water partition coefficient (Wildman–Crippen LogP) is 4.20. The molecule has 0 spiro atoms. The first-order valence-electron chi connectivity index (χ1n) is 8.85. The average Bonchev–Trinajstić information content (AvgIpc) is 3.32. The molecule has 1 aliphatic rings. The van der Waals surface area contributed by atoms with Gasteiger partial charge in [0.1, 0.15) is 6.61 Å². The first-order valence-corrected chi connectivity index (χ1v) is 9.79. The molecule has 3 aromatic rings. The highest BCUT2D eigenvalue weighted by atomic mass is 32.1. The zero-order valence-electron chi connectivity index (χ0n) is 14.9. The number of aromatic nitrogens is 1. The van der Waals surface area contributed by atoms with Crippen molar-refractivity contribution in [1.82, 2.24) is 10.3 Å². The van der Waals surface area contributed by atoms with Gasteiger partial charge in [0.15, 0.2) is 0 Å². The van der Waals surface area contributed by atoms with Gasteiger partial charge in [-0.25, -0.2) is 9.78 Å². The maximum atomic E-state index is 12.4. The number of nitrogens with zero attached hydrogens (tertiary/aromatic N) is 1. The van der Waals surface area contributed by atoms with Crippen molar-refractivity contribution in [3.8, 4) is 11.1 Å². The molecule has 0 radical (unpaired) electrons. The lowest BCUT2D eigenvalue weighted by atomic mass is 9.98. The molecule has 1 aliphatic carbocycles. The molecule has 2 aromatic carbocycles. The predicted molar refractivity (Wildman–Crippen MR) is 105 cm³/mol. The minimum absolute atomic E-state index is 0.0460.